The summed E-state index contributed by atoms with van der Waals surface area (Å²) in [4.78, 5) is 33.9. The van der Waals surface area contributed by atoms with Gasteiger partial charge in [0, 0.05) is 31.1 Å². The van der Waals surface area contributed by atoms with Gasteiger partial charge in [-0.05, 0) is 26.3 Å². The zero-order valence-electron chi connectivity index (χ0n) is 14.0. The van der Waals surface area contributed by atoms with Crippen molar-refractivity contribution < 1.29 is 14.1 Å². The number of hydrogen-bond acceptors (Lipinski definition) is 6. The molecule has 0 saturated heterocycles. The van der Waals surface area contributed by atoms with Crippen molar-refractivity contribution >= 4 is 35.1 Å². The van der Waals surface area contributed by atoms with E-state index < -0.39 is 16.2 Å². The highest BCUT2D eigenvalue weighted by molar-refractivity contribution is 5.85. The molecule has 25 heavy (non-hydrogen) atoms. The number of fused-ring (bicyclic) bond motifs is 1. The number of rotatable bonds is 7. The molecule has 0 aliphatic rings. The molecule has 0 saturated carbocycles. The maximum atomic E-state index is 11.9. The van der Waals surface area contributed by atoms with Crippen molar-refractivity contribution in [2.24, 2.45) is 5.73 Å². The van der Waals surface area contributed by atoms with Crippen LogP contribution in [0.2, 0.25) is 0 Å². The molecule has 2 rings (SSSR count). The first-order valence-corrected chi connectivity index (χ1v) is 7.52. The van der Waals surface area contributed by atoms with E-state index in [1.807, 2.05) is 13.8 Å². The molecule has 0 fully saturated rings. The second-order valence-electron chi connectivity index (χ2n) is 6.17. The van der Waals surface area contributed by atoms with Crippen LogP contribution in [0.25, 0.3) is 11.1 Å². The largest absolute Gasteiger partial charge is 0.419 e. The number of benzene rings is 1. The number of nitrogens with one attached hydrogen (secondary N) is 1. The fourth-order valence-corrected chi connectivity index (χ4v) is 2.27. The number of halogens is 1. The standard InChI is InChI=1S/C15H20N4O5.ClH/c1-15(2,9-16)17-13(20)4-3-7-18-11-6-5-10(19(22)23)8-12(11)24-14(18)21;/h5-6,8H,3-4,7,9,16H2,1-2H3,(H,17,20);1H. The Morgan fingerprint density at radius 2 is 2.12 bits per heavy atom. The highest BCUT2D eigenvalue weighted by Gasteiger charge is 2.18. The van der Waals surface area contributed by atoms with Crippen LogP contribution in [-0.2, 0) is 11.3 Å². The molecule has 0 atom stereocenters. The Morgan fingerprint density at radius 3 is 2.72 bits per heavy atom. The van der Waals surface area contributed by atoms with Crippen LogP contribution >= 0.6 is 12.4 Å². The van der Waals surface area contributed by atoms with Gasteiger partial charge < -0.3 is 15.5 Å². The SMILES string of the molecule is CC(C)(CN)NC(=O)CCCn1c(=O)oc2cc([N+](=O)[O-])ccc21.Cl. The van der Waals surface area contributed by atoms with Gasteiger partial charge in [-0.3, -0.25) is 19.5 Å². The van der Waals surface area contributed by atoms with Gasteiger partial charge >= 0.3 is 5.76 Å². The van der Waals surface area contributed by atoms with E-state index in [1.165, 1.54) is 22.8 Å². The van der Waals surface area contributed by atoms with E-state index in [4.69, 9.17) is 10.2 Å². The van der Waals surface area contributed by atoms with Gasteiger partial charge in [0.15, 0.2) is 5.58 Å². The van der Waals surface area contributed by atoms with E-state index >= 15 is 0 Å². The fraction of sp³-hybridized carbons (Fsp3) is 0.467. The Balaban J connectivity index is 0.00000312. The first kappa shape index (κ1) is 20.7. The quantitative estimate of drug-likeness (QED) is 0.559. The zero-order chi connectivity index (χ0) is 17.9. The number of hydrogen-bond donors (Lipinski definition) is 2. The molecule has 1 aromatic heterocycles. The average molecular weight is 373 g/mol. The van der Waals surface area contributed by atoms with Crippen molar-refractivity contribution in [1.29, 1.82) is 0 Å². The number of oxazole rings is 1. The third-order valence-corrected chi connectivity index (χ3v) is 3.64. The Kier molecular flexibility index (Phi) is 6.71. The molecule has 0 aliphatic heterocycles. The van der Waals surface area contributed by atoms with Crippen molar-refractivity contribution in [2.45, 2.75) is 38.8 Å². The molecular formula is C15H21ClN4O5. The monoisotopic (exact) mass is 372 g/mol. The van der Waals surface area contributed by atoms with E-state index in [1.54, 1.807) is 0 Å². The summed E-state index contributed by atoms with van der Waals surface area (Å²) in [6, 6.07) is 3.99. The Bertz CT molecular complexity index is 827. The lowest BCUT2D eigenvalue weighted by Crippen LogP contribution is -2.48. The molecule has 1 amide bonds. The molecular weight excluding hydrogens is 352 g/mol. The molecule has 2 aromatic rings. The van der Waals surface area contributed by atoms with Crippen LogP contribution in [0.15, 0.2) is 27.4 Å². The van der Waals surface area contributed by atoms with Gasteiger partial charge in [-0.25, -0.2) is 4.79 Å². The van der Waals surface area contributed by atoms with Gasteiger partial charge in [-0.2, -0.15) is 0 Å². The molecule has 138 valence electrons. The van der Waals surface area contributed by atoms with Crippen molar-refractivity contribution in [3.63, 3.8) is 0 Å². The fourth-order valence-electron chi connectivity index (χ4n) is 2.27. The van der Waals surface area contributed by atoms with E-state index in [2.05, 4.69) is 5.32 Å². The minimum Gasteiger partial charge on any atom is -0.407 e. The summed E-state index contributed by atoms with van der Waals surface area (Å²) in [6.45, 7) is 4.25. The van der Waals surface area contributed by atoms with Crippen molar-refractivity contribution in [2.75, 3.05) is 6.54 Å². The number of nitrogens with two attached hydrogens (primary N) is 1. The summed E-state index contributed by atoms with van der Waals surface area (Å²) >= 11 is 0. The minimum atomic E-state index is -0.604. The lowest BCUT2D eigenvalue weighted by molar-refractivity contribution is -0.384. The lowest BCUT2D eigenvalue weighted by Gasteiger charge is -2.24. The average Bonchev–Trinajstić information content (AvgIpc) is 2.82. The topological polar surface area (TPSA) is 133 Å². The molecule has 0 unspecified atom stereocenters. The Morgan fingerprint density at radius 1 is 1.44 bits per heavy atom. The number of nitrogens with zero attached hydrogens (tertiary/aromatic N) is 2. The molecule has 10 heteroatoms. The predicted molar refractivity (Wildman–Crippen MR) is 94.9 cm³/mol. The number of amides is 1. The molecule has 0 aliphatic carbocycles. The summed E-state index contributed by atoms with van der Waals surface area (Å²) < 4.78 is 6.39. The highest BCUT2D eigenvalue weighted by atomic mass is 35.5. The maximum absolute atomic E-state index is 11.9. The molecule has 0 radical (unpaired) electrons. The van der Waals surface area contributed by atoms with Gasteiger partial charge in [0.1, 0.15) is 0 Å². The number of carbonyl (C=O) groups excluding carboxylic acids is 1. The van der Waals surface area contributed by atoms with Crippen molar-refractivity contribution in [3.05, 3.63) is 38.9 Å². The zero-order valence-corrected chi connectivity index (χ0v) is 14.8. The summed E-state index contributed by atoms with van der Waals surface area (Å²) in [7, 11) is 0. The lowest BCUT2D eigenvalue weighted by atomic mass is 10.1. The van der Waals surface area contributed by atoms with Crippen LogP contribution in [0.5, 0.6) is 0 Å². The minimum absolute atomic E-state index is 0. The normalized spacial score (nSPS) is 11.2. The second kappa shape index (κ2) is 8.13. The van der Waals surface area contributed by atoms with Crippen molar-refractivity contribution in [3.8, 4) is 0 Å². The molecule has 1 aromatic carbocycles. The number of nitro benzene ring substituents is 1. The molecule has 0 bridgehead atoms. The summed E-state index contributed by atoms with van der Waals surface area (Å²) in [5.41, 5.74) is 5.55. The van der Waals surface area contributed by atoms with Gasteiger partial charge in [-0.1, -0.05) is 0 Å². The molecule has 1 heterocycles. The van der Waals surface area contributed by atoms with E-state index in [0.717, 1.165) is 0 Å². The van der Waals surface area contributed by atoms with Crippen LogP contribution in [0.1, 0.15) is 26.7 Å². The van der Waals surface area contributed by atoms with Gasteiger partial charge in [0.2, 0.25) is 5.91 Å². The van der Waals surface area contributed by atoms with E-state index in [0.29, 0.717) is 18.5 Å². The first-order valence-electron chi connectivity index (χ1n) is 7.52. The summed E-state index contributed by atoms with van der Waals surface area (Å²) in [5, 5.41) is 13.6. The third kappa shape index (κ3) is 5.04. The van der Waals surface area contributed by atoms with Crippen LogP contribution in [0.4, 0.5) is 5.69 Å². The number of carbonyl (C=O) groups is 1. The van der Waals surface area contributed by atoms with Crippen molar-refractivity contribution in [1.82, 2.24) is 9.88 Å². The van der Waals surface area contributed by atoms with Crippen LogP contribution in [0.3, 0.4) is 0 Å². The smallest absolute Gasteiger partial charge is 0.407 e. The Hall–Kier alpha value is -2.39. The highest BCUT2D eigenvalue weighted by Crippen LogP contribution is 2.20. The number of non-ortho nitro benzene ring substituents is 1. The number of aryl methyl sites for hydroxylation is 1. The number of aromatic nitrogens is 1. The molecule has 3 N–H and O–H groups in total. The summed E-state index contributed by atoms with van der Waals surface area (Å²) in [6.07, 6.45) is 0.660. The maximum Gasteiger partial charge on any atom is 0.419 e. The van der Waals surface area contributed by atoms with E-state index in [-0.39, 0.29) is 42.6 Å². The molecule has 0 spiro atoms. The summed E-state index contributed by atoms with van der Waals surface area (Å²) in [5.74, 6) is -0.755. The first-order chi connectivity index (χ1) is 11.2. The van der Waals surface area contributed by atoms with E-state index in [9.17, 15) is 19.7 Å². The predicted octanol–water partition coefficient (Wildman–Crippen LogP) is 1.56. The van der Waals surface area contributed by atoms with Crippen LogP contribution in [-0.4, -0.2) is 27.5 Å². The Labute approximate surface area is 149 Å². The van der Waals surface area contributed by atoms with Gasteiger partial charge in [-0.15, -0.1) is 12.4 Å². The molecule has 9 nitrogen and oxygen atoms in total. The third-order valence-electron chi connectivity index (χ3n) is 3.64. The second-order valence-corrected chi connectivity index (χ2v) is 6.17. The van der Waals surface area contributed by atoms with Crippen LogP contribution < -0.4 is 16.8 Å². The van der Waals surface area contributed by atoms with Crippen LogP contribution in [0, 0.1) is 10.1 Å². The number of nitro groups is 1. The van der Waals surface area contributed by atoms with Gasteiger partial charge in [0.25, 0.3) is 5.69 Å². The van der Waals surface area contributed by atoms with Gasteiger partial charge in [0.05, 0.1) is 16.5 Å².